The molecule has 1 aliphatic carbocycles. The minimum absolute atomic E-state index is 0.398. The summed E-state index contributed by atoms with van der Waals surface area (Å²) in [7, 11) is 1.78. The van der Waals surface area contributed by atoms with Crippen LogP contribution in [0.4, 0.5) is 0 Å². The van der Waals surface area contributed by atoms with Gasteiger partial charge in [0.1, 0.15) is 0 Å². The molecule has 0 bridgehead atoms. The average molecular weight is 304 g/mol. The fraction of sp³-hybridized carbons (Fsp3) is 0.667. The zero-order chi connectivity index (χ0) is 11.5. The summed E-state index contributed by atoms with van der Waals surface area (Å²) in [5, 5.41) is 5.80. The molecule has 0 saturated heterocycles. The summed E-state index contributed by atoms with van der Waals surface area (Å²) in [6, 6.07) is 3.02. The molecule has 1 fully saturated rings. The van der Waals surface area contributed by atoms with E-state index in [4.69, 9.17) is 4.74 Å². The molecule has 0 aromatic carbocycles. The van der Waals surface area contributed by atoms with Gasteiger partial charge in [-0.25, -0.2) is 0 Å². The Morgan fingerprint density at radius 2 is 2.38 bits per heavy atom. The number of halogens is 1. The Kier molecular flexibility index (Phi) is 4.41. The van der Waals surface area contributed by atoms with Gasteiger partial charge >= 0.3 is 0 Å². The minimum Gasteiger partial charge on any atom is -0.383 e. The highest BCUT2D eigenvalue weighted by atomic mass is 79.9. The Morgan fingerprint density at radius 3 is 2.88 bits per heavy atom. The molecule has 2 unspecified atom stereocenters. The molecule has 1 aliphatic rings. The van der Waals surface area contributed by atoms with Crippen molar-refractivity contribution in [3.63, 3.8) is 0 Å². The van der Waals surface area contributed by atoms with E-state index < -0.39 is 0 Å². The molecule has 2 nitrogen and oxygen atoms in total. The largest absolute Gasteiger partial charge is 0.383 e. The van der Waals surface area contributed by atoms with Crippen molar-refractivity contribution in [2.75, 3.05) is 13.7 Å². The van der Waals surface area contributed by atoms with Crippen LogP contribution in [0, 0.1) is 5.92 Å². The summed E-state index contributed by atoms with van der Waals surface area (Å²) in [5.74, 6) is 0.820. The number of hydrogen-bond acceptors (Lipinski definition) is 3. The summed E-state index contributed by atoms with van der Waals surface area (Å²) >= 11 is 5.39. The first-order valence-electron chi connectivity index (χ1n) is 5.70. The summed E-state index contributed by atoms with van der Waals surface area (Å²) in [6.45, 7) is 3.04. The number of hydrogen-bond donors (Lipinski definition) is 1. The molecule has 4 heteroatoms. The number of rotatable bonds is 6. The third kappa shape index (κ3) is 3.06. The first kappa shape index (κ1) is 12.6. The van der Waals surface area contributed by atoms with Crippen LogP contribution in [-0.4, -0.2) is 19.8 Å². The highest BCUT2D eigenvalue weighted by molar-refractivity contribution is 9.10. The van der Waals surface area contributed by atoms with Crippen LogP contribution in [0.25, 0.3) is 0 Å². The summed E-state index contributed by atoms with van der Waals surface area (Å²) in [5.41, 5.74) is 0. The Hall–Kier alpha value is 0.100. The van der Waals surface area contributed by atoms with Crippen LogP contribution in [0.1, 0.15) is 30.7 Å². The molecule has 90 valence electrons. The Balaban J connectivity index is 1.94. The minimum atomic E-state index is 0.398. The molecule has 1 aromatic rings. The maximum atomic E-state index is 5.28. The second-order valence-electron chi connectivity index (χ2n) is 4.42. The smallest absolute Gasteiger partial charge is 0.0618 e. The van der Waals surface area contributed by atoms with Gasteiger partial charge in [-0.05, 0) is 53.1 Å². The topological polar surface area (TPSA) is 21.3 Å². The molecule has 1 aromatic heterocycles. The molecule has 0 radical (unpaired) electrons. The monoisotopic (exact) mass is 303 g/mol. The van der Waals surface area contributed by atoms with Crippen LogP contribution in [0.5, 0.6) is 0 Å². The Bertz CT molecular complexity index is 338. The number of ether oxygens (including phenoxy) is 1. The molecule has 0 spiro atoms. The second kappa shape index (κ2) is 5.63. The lowest BCUT2D eigenvalue weighted by molar-refractivity contribution is 0.152. The fourth-order valence-corrected chi connectivity index (χ4v) is 3.74. The van der Waals surface area contributed by atoms with Crippen molar-refractivity contribution in [1.82, 2.24) is 5.32 Å². The van der Waals surface area contributed by atoms with Crippen molar-refractivity contribution in [2.24, 2.45) is 5.92 Å². The van der Waals surface area contributed by atoms with E-state index in [1.54, 1.807) is 18.4 Å². The zero-order valence-corrected chi connectivity index (χ0v) is 12.1. The van der Waals surface area contributed by atoms with Crippen LogP contribution in [0.2, 0.25) is 0 Å². The lowest BCUT2D eigenvalue weighted by Gasteiger charge is -2.22. The quantitative estimate of drug-likeness (QED) is 0.867. The first-order valence-corrected chi connectivity index (χ1v) is 7.37. The van der Waals surface area contributed by atoms with Gasteiger partial charge in [-0.3, -0.25) is 0 Å². The number of methoxy groups -OCH3 is 1. The third-order valence-corrected chi connectivity index (χ3v) is 5.09. The normalized spacial score (nSPS) is 19.7. The van der Waals surface area contributed by atoms with Gasteiger partial charge in [0.2, 0.25) is 0 Å². The van der Waals surface area contributed by atoms with E-state index in [0.717, 1.165) is 12.5 Å². The van der Waals surface area contributed by atoms with Gasteiger partial charge in [-0.2, -0.15) is 0 Å². The van der Waals surface area contributed by atoms with Crippen LogP contribution >= 0.6 is 27.3 Å². The summed E-state index contributed by atoms with van der Waals surface area (Å²) in [6.07, 6.45) is 2.69. The lowest BCUT2D eigenvalue weighted by atomic mass is 10.1. The van der Waals surface area contributed by atoms with Crippen LogP contribution < -0.4 is 5.32 Å². The molecular formula is C12H18BrNOS. The molecule has 16 heavy (non-hydrogen) atoms. The van der Waals surface area contributed by atoms with Gasteiger partial charge in [0.15, 0.2) is 0 Å². The zero-order valence-electron chi connectivity index (χ0n) is 9.70. The van der Waals surface area contributed by atoms with E-state index in [2.05, 4.69) is 39.6 Å². The second-order valence-corrected chi connectivity index (χ2v) is 6.22. The van der Waals surface area contributed by atoms with E-state index in [0.29, 0.717) is 12.1 Å². The van der Waals surface area contributed by atoms with Gasteiger partial charge in [-0.1, -0.05) is 0 Å². The molecule has 1 N–H and O–H groups in total. The standard InChI is InChI=1S/C12H18BrNOS/c1-8(12-10(13)5-6-16-12)14-11(7-15-2)9-3-4-9/h5-6,8-9,11,14H,3-4,7H2,1-2H3. The van der Waals surface area contributed by atoms with Crippen molar-refractivity contribution >= 4 is 27.3 Å². The van der Waals surface area contributed by atoms with Gasteiger partial charge < -0.3 is 10.1 Å². The lowest BCUT2D eigenvalue weighted by Crippen LogP contribution is -2.36. The predicted octanol–water partition coefficient (Wildman–Crippen LogP) is 3.59. The van der Waals surface area contributed by atoms with Crippen molar-refractivity contribution in [3.05, 3.63) is 20.8 Å². The number of thiophene rings is 1. The molecule has 2 atom stereocenters. The van der Waals surface area contributed by atoms with Crippen molar-refractivity contribution < 1.29 is 4.74 Å². The molecule has 0 aliphatic heterocycles. The maximum absolute atomic E-state index is 5.28. The third-order valence-electron chi connectivity index (χ3n) is 3.04. The van der Waals surface area contributed by atoms with Gasteiger partial charge in [0.25, 0.3) is 0 Å². The summed E-state index contributed by atoms with van der Waals surface area (Å²) < 4.78 is 6.50. The number of nitrogens with one attached hydrogen (secondary N) is 1. The Morgan fingerprint density at radius 1 is 1.62 bits per heavy atom. The molecule has 0 amide bonds. The van der Waals surface area contributed by atoms with Crippen molar-refractivity contribution in [3.8, 4) is 0 Å². The van der Waals surface area contributed by atoms with Crippen LogP contribution in [0.3, 0.4) is 0 Å². The van der Waals surface area contributed by atoms with Crippen LogP contribution in [0.15, 0.2) is 15.9 Å². The average Bonchev–Trinajstić information content (AvgIpc) is 3.00. The van der Waals surface area contributed by atoms with E-state index >= 15 is 0 Å². The highest BCUT2D eigenvalue weighted by Crippen LogP contribution is 2.35. The van der Waals surface area contributed by atoms with Gasteiger partial charge in [0, 0.05) is 28.5 Å². The predicted molar refractivity (Wildman–Crippen MR) is 72.0 cm³/mol. The van der Waals surface area contributed by atoms with Crippen molar-refractivity contribution in [2.45, 2.75) is 31.8 Å². The SMILES string of the molecule is COCC(NC(C)c1sccc1Br)C1CC1. The molecule has 1 saturated carbocycles. The van der Waals surface area contributed by atoms with E-state index in [9.17, 15) is 0 Å². The summed E-state index contributed by atoms with van der Waals surface area (Å²) in [4.78, 5) is 1.38. The highest BCUT2D eigenvalue weighted by Gasteiger charge is 2.32. The fourth-order valence-electron chi connectivity index (χ4n) is 2.01. The Labute approximate surface area is 110 Å². The molecular weight excluding hydrogens is 286 g/mol. The maximum Gasteiger partial charge on any atom is 0.0618 e. The molecule has 2 rings (SSSR count). The van der Waals surface area contributed by atoms with E-state index in [-0.39, 0.29) is 0 Å². The van der Waals surface area contributed by atoms with E-state index in [1.807, 2.05) is 0 Å². The van der Waals surface area contributed by atoms with Gasteiger partial charge in [-0.15, -0.1) is 11.3 Å². The first-order chi connectivity index (χ1) is 7.72. The van der Waals surface area contributed by atoms with Crippen molar-refractivity contribution in [1.29, 1.82) is 0 Å². The molecule has 1 heterocycles. The van der Waals surface area contributed by atoms with Crippen LogP contribution in [-0.2, 0) is 4.74 Å². The van der Waals surface area contributed by atoms with E-state index in [1.165, 1.54) is 22.2 Å². The van der Waals surface area contributed by atoms with Gasteiger partial charge in [0.05, 0.1) is 6.61 Å².